The van der Waals surface area contributed by atoms with E-state index in [9.17, 15) is 9.59 Å². The SMILES string of the molecule is CC(C)C(=O)CCNC(=O)C(C)(C)C. The molecule has 0 atom stereocenters. The van der Waals surface area contributed by atoms with Gasteiger partial charge in [-0.1, -0.05) is 34.6 Å². The van der Waals surface area contributed by atoms with Crippen LogP contribution in [0.1, 0.15) is 41.0 Å². The van der Waals surface area contributed by atoms with Crippen LogP contribution in [0.5, 0.6) is 0 Å². The molecule has 1 amide bonds. The highest BCUT2D eigenvalue weighted by Gasteiger charge is 2.20. The summed E-state index contributed by atoms with van der Waals surface area (Å²) < 4.78 is 0. The number of nitrogens with one attached hydrogen (secondary N) is 1. The van der Waals surface area contributed by atoms with Crippen molar-refractivity contribution in [1.29, 1.82) is 0 Å². The van der Waals surface area contributed by atoms with Gasteiger partial charge in [-0.2, -0.15) is 0 Å². The van der Waals surface area contributed by atoms with Gasteiger partial charge >= 0.3 is 0 Å². The maximum atomic E-state index is 11.4. The van der Waals surface area contributed by atoms with Gasteiger partial charge in [-0.25, -0.2) is 0 Å². The maximum absolute atomic E-state index is 11.4. The van der Waals surface area contributed by atoms with Crippen LogP contribution in [0.3, 0.4) is 0 Å². The average molecular weight is 199 g/mol. The Labute approximate surface area is 86.3 Å². The van der Waals surface area contributed by atoms with Crippen LogP contribution in [-0.4, -0.2) is 18.2 Å². The van der Waals surface area contributed by atoms with Gasteiger partial charge in [0.1, 0.15) is 5.78 Å². The molecule has 14 heavy (non-hydrogen) atoms. The molecule has 0 bridgehead atoms. The molecule has 0 fully saturated rings. The molecule has 0 radical (unpaired) electrons. The summed E-state index contributed by atoms with van der Waals surface area (Å²) >= 11 is 0. The van der Waals surface area contributed by atoms with Crippen molar-refractivity contribution in [2.45, 2.75) is 41.0 Å². The molecular formula is C11H21NO2. The average Bonchev–Trinajstić information content (AvgIpc) is 2.01. The summed E-state index contributed by atoms with van der Waals surface area (Å²) in [4.78, 5) is 22.6. The molecule has 0 heterocycles. The molecule has 0 aliphatic rings. The lowest BCUT2D eigenvalue weighted by Gasteiger charge is -2.17. The molecule has 0 unspecified atom stereocenters. The molecule has 0 spiro atoms. The van der Waals surface area contributed by atoms with Gasteiger partial charge in [0.05, 0.1) is 0 Å². The van der Waals surface area contributed by atoms with Crippen molar-refractivity contribution in [1.82, 2.24) is 5.32 Å². The first-order valence-corrected chi connectivity index (χ1v) is 5.06. The summed E-state index contributed by atoms with van der Waals surface area (Å²) in [6, 6.07) is 0. The van der Waals surface area contributed by atoms with Gasteiger partial charge in [0, 0.05) is 24.3 Å². The first-order valence-electron chi connectivity index (χ1n) is 5.06. The third-order valence-corrected chi connectivity index (χ3v) is 1.98. The fourth-order valence-electron chi connectivity index (χ4n) is 0.853. The lowest BCUT2D eigenvalue weighted by atomic mass is 9.95. The summed E-state index contributed by atoms with van der Waals surface area (Å²) in [6.07, 6.45) is 0.430. The first kappa shape index (κ1) is 13.1. The Kier molecular flexibility index (Phi) is 4.81. The molecule has 1 N–H and O–H groups in total. The Balaban J connectivity index is 3.76. The lowest BCUT2D eigenvalue weighted by molar-refractivity contribution is -0.128. The molecule has 82 valence electrons. The molecule has 0 aliphatic carbocycles. The number of carbonyl (C=O) groups is 2. The van der Waals surface area contributed by atoms with Crippen LogP contribution >= 0.6 is 0 Å². The van der Waals surface area contributed by atoms with Crippen LogP contribution < -0.4 is 5.32 Å². The van der Waals surface area contributed by atoms with Crippen LogP contribution in [0.2, 0.25) is 0 Å². The van der Waals surface area contributed by atoms with Crippen LogP contribution in [0.4, 0.5) is 0 Å². The highest BCUT2D eigenvalue weighted by atomic mass is 16.2. The van der Waals surface area contributed by atoms with E-state index in [0.29, 0.717) is 13.0 Å². The first-order chi connectivity index (χ1) is 6.25. The van der Waals surface area contributed by atoms with Crippen molar-refractivity contribution in [2.75, 3.05) is 6.54 Å². The molecule has 3 nitrogen and oxygen atoms in total. The number of carbonyl (C=O) groups excluding carboxylic acids is 2. The molecule has 0 aromatic carbocycles. The monoisotopic (exact) mass is 199 g/mol. The highest BCUT2D eigenvalue weighted by molar-refractivity contribution is 5.83. The second-order valence-electron chi connectivity index (χ2n) is 4.88. The minimum atomic E-state index is -0.374. The van der Waals surface area contributed by atoms with E-state index in [-0.39, 0.29) is 23.0 Å². The van der Waals surface area contributed by atoms with Crippen molar-refractivity contribution in [3.63, 3.8) is 0 Å². The summed E-state index contributed by atoms with van der Waals surface area (Å²) in [5.74, 6) is 0.245. The normalized spacial score (nSPS) is 11.6. The van der Waals surface area contributed by atoms with Gasteiger partial charge < -0.3 is 5.32 Å². The number of hydrogen-bond donors (Lipinski definition) is 1. The summed E-state index contributed by atoms with van der Waals surface area (Å²) in [7, 11) is 0. The van der Waals surface area contributed by atoms with Crippen molar-refractivity contribution in [2.24, 2.45) is 11.3 Å². The van der Waals surface area contributed by atoms with Gasteiger partial charge in [0.25, 0.3) is 0 Å². The number of Topliss-reactive ketones (excluding diaryl/α,β-unsaturated/α-hetero) is 1. The van der Waals surface area contributed by atoms with Gasteiger partial charge in [0.15, 0.2) is 0 Å². The number of amides is 1. The predicted octanol–water partition coefficient (Wildman–Crippen LogP) is 1.76. The van der Waals surface area contributed by atoms with Gasteiger partial charge in [-0.05, 0) is 0 Å². The van der Waals surface area contributed by atoms with Gasteiger partial charge in [-0.3, -0.25) is 9.59 Å². The lowest BCUT2D eigenvalue weighted by Crippen LogP contribution is -2.36. The van der Waals surface area contributed by atoms with Crippen LogP contribution in [0.25, 0.3) is 0 Å². The topological polar surface area (TPSA) is 46.2 Å². The fraction of sp³-hybridized carbons (Fsp3) is 0.818. The molecule has 0 aliphatic heterocycles. The largest absolute Gasteiger partial charge is 0.355 e. The zero-order chi connectivity index (χ0) is 11.4. The zero-order valence-electron chi connectivity index (χ0n) is 9.81. The van der Waals surface area contributed by atoms with Crippen molar-refractivity contribution < 1.29 is 9.59 Å². The van der Waals surface area contributed by atoms with Crippen molar-refractivity contribution in [3.05, 3.63) is 0 Å². The quantitative estimate of drug-likeness (QED) is 0.750. The summed E-state index contributed by atoms with van der Waals surface area (Å²) in [6.45, 7) is 9.75. The molecule has 0 saturated heterocycles. The van der Waals surface area contributed by atoms with E-state index in [0.717, 1.165) is 0 Å². The van der Waals surface area contributed by atoms with Crippen LogP contribution in [-0.2, 0) is 9.59 Å². The van der Waals surface area contributed by atoms with Crippen LogP contribution in [0, 0.1) is 11.3 Å². The van der Waals surface area contributed by atoms with E-state index < -0.39 is 0 Å². The van der Waals surface area contributed by atoms with E-state index in [1.807, 2.05) is 34.6 Å². The molecule has 0 rings (SSSR count). The molecule has 3 heteroatoms. The number of hydrogen-bond acceptors (Lipinski definition) is 2. The third-order valence-electron chi connectivity index (χ3n) is 1.98. The zero-order valence-corrected chi connectivity index (χ0v) is 9.81. The maximum Gasteiger partial charge on any atom is 0.225 e. The molecule has 0 aromatic heterocycles. The van der Waals surface area contributed by atoms with Crippen molar-refractivity contribution in [3.8, 4) is 0 Å². The highest BCUT2D eigenvalue weighted by Crippen LogP contribution is 2.12. The Hall–Kier alpha value is -0.860. The van der Waals surface area contributed by atoms with Crippen molar-refractivity contribution >= 4 is 11.7 Å². The van der Waals surface area contributed by atoms with Gasteiger partial charge in [0.2, 0.25) is 5.91 Å². The standard InChI is InChI=1S/C11H21NO2/c1-8(2)9(13)6-7-12-10(14)11(3,4)5/h8H,6-7H2,1-5H3,(H,12,14). The minimum absolute atomic E-state index is 0.00550. The summed E-state index contributed by atoms with van der Waals surface area (Å²) in [5.41, 5.74) is -0.374. The van der Waals surface area contributed by atoms with E-state index in [1.165, 1.54) is 0 Å². The summed E-state index contributed by atoms with van der Waals surface area (Å²) in [5, 5.41) is 2.75. The van der Waals surface area contributed by atoms with E-state index >= 15 is 0 Å². The Bertz CT molecular complexity index is 214. The number of ketones is 1. The Morgan fingerprint density at radius 3 is 2.07 bits per heavy atom. The Morgan fingerprint density at radius 1 is 1.21 bits per heavy atom. The predicted molar refractivity (Wildman–Crippen MR) is 56.9 cm³/mol. The van der Waals surface area contributed by atoms with E-state index in [1.54, 1.807) is 0 Å². The third kappa shape index (κ3) is 5.00. The minimum Gasteiger partial charge on any atom is -0.355 e. The molecule has 0 saturated carbocycles. The Morgan fingerprint density at radius 2 is 1.71 bits per heavy atom. The van der Waals surface area contributed by atoms with Crippen LogP contribution in [0.15, 0.2) is 0 Å². The molecular weight excluding hydrogens is 178 g/mol. The second-order valence-corrected chi connectivity index (χ2v) is 4.88. The second kappa shape index (κ2) is 5.13. The van der Waals surface area contributed by atoms with E-state index in [4.69, 9.17) is 0 Å². The smallest absolute Gasteiger partial charge is 0.225 e. The van der Waals surface area contributed by atoms with E-state index in [2.05, 4.69) is 5.32 Å². The number of rotatable bonds is 4. The fourth-order valence-corrected chi connectivity index (χ4v) is 0.853. The van der Waals surface area contributed by atoms with Gasteiger partial charge in [-0.15, -0.1) is 0 Å². The molecule has 0 aromatic rings.